The minimum absolute atomic E-state index is 0.0555. The van der Waals surface area contributed by atoms with Gasteiger partial charge in [0.15, 0.2) is 5.16 Å². The molecule has 2 rings (SSSR count). The van der Waals surface area contributed by atoms with Crippen LogP contribution in [0.4, 0.5) is 11.8 Å². The van der Waals surface area contributed by atoms with Crippen molar-refractivity contribution >= 4 is 41.4 Å². The Bertz CT molecular complexity index is 890. The van der Waals surface area contributed by atoms with Crippen molar-refractivity contribution in [2.45, 2.75) is 32.0 Å². The summed E-state index contributed by atoms with van der Waals surface area (Å²) >= 11 is 1.26. The van der Waals surface area contributed by atoms with Crippen LogP contribution in [0.3, 0.4) is 0 Å². The third-order valence-corrected chi connectivity index (χ3v) is 4.33. The number of esters is 1. The van der Waals surface area contributed by atoms with Gasteiger partial charge in [-0.1, -0.05) is 11.8 Å². The van der Waals surface area contributed by atoms with Gasteiger partial charge >= 0.3 is 5.97 Å². The molecule has 0 aliphatic carbocycles. The van der Waals surface area contributed by atoms with Crippen LogP contribution in [0.2, 0.25) is 0 Å². The van der Waals surface area contributed by atoms with E-state index in [1.165, 1.54) is 23.3 Å². The number of aryl methyl sites for hydroxylation is 1. The van der Waals surface area contributed by atoms with Crippen LogP contribution in [0.5, 0.6) is 0 Å². The first-order chi connectivity index (χ1) is 12.7. The Morgan fingerprint density at radius 2 is 2.00 bits per heavy atom. The molecule has 0 aliphatic heterocycles. The number of nitrogens with zero attached hydrogens (tertiary/aromatic N) is 3. The van der Waals surface area contributed by atoms with Gasteiger partial charge in [0.25, 0.3) is 5.91 Å². The summed E-state index contributed by atoms with van der Waals surface area (Å²) in [6.07, 6.45) is 1.76. The molecular weight excluding hydrogens is 376 g/mol. The summed E-state index contributed by atoms with van der Waals surface area (Å²) < 4.78 is 11.7. The van der Waals surface area contributed by atoms with E-state index in [1.807, 2.05) is 0 Å². The molecule has 2 aromatic rings. The summed E-state index contributed by atoms with van der Waals surface area (Å²) in [4.78, 5) is 36.6. The number of anilines is 2. The van der Waals surface area contributed by atoms with Gasteiger partial charge in [-0.3, -0.25) is 19.5 Å². The minimum atomic E-state index is -0.938. The van der Waals surface area contributed by atoms with Gasteiger partial charge in [0.2, 0.25) is 17.7 Å². The summed E-state index contributed by atoms with van der Waals surface area (Å²) in [5.74, 6) is -2.36. The Kier molecular flexibility index (Phi) is 6.10. The summed E-state index contributed by atoms with van der Waals surface area (Å²) in [5.41, 5.74) is 10.8. The molecule has 12 heteroatoms. The van der Waals surface area contributed by atoms with Gasteiger partial charge in [0, 0.05) is 0 Å². The molecule has 0 radical (unpaired) electrons. The number of nitrogen functional groups attached to an aromatic ring is 1. The van der Waals surface area contributed by atoms with E-state index in [-0.39, 0.29) is 35.3 Å². The van der Waals surface area contributed by atoms with E-state index in [1.54, 1.807) is 20.1 Å². The highest BCUT2D eigenvalue weighted by atomic mass is 32.2. The average molecular weight is 396 g/mol. The fourth-order valence-electron chi connectivity index (χ4n) is 2.44. The van der Waals surface area contributed by atoms with Gasteiger partial charge in [0.05, 0.1) is 6.61 Å². The molecule has 0 aliphatic rings. The molecule has 11 nitrogen and oxygen atoms in total. The number of hydrogen-bond acceptors (Lipinski definition) is 9. The number of primary amides is 1. The molecule has 146 valence electrons. The van der Waals surface area contributed by atoms with Gasteiger partial charge in [-0.25, -0.2) is 4.79 Å². The van der Waals surface area contributed by atoms with Crippen molar-refractivity contribution in [3.63, 3.8) is 0 Å². The number of carbonyl (C=O) groups excluding carboxylic acids is 3. The highest BCUT2D eigenvalue weighted by Gasteiger charge is 2.30. The third-order valence-electron chi connectivity index (χ3n) is 3.69. The van der Waals surface area contributed by atoms with E-state index in [9.17, 15) is 14.4 Å². The van der Waals surface area contributed by atoms with Crippen LogP contribution >= 0.6 is 11.8 Å². The first-order valence-electron chi connectivity index (χ1n) is 7.88. The van der Waals surface area contributed by atoms with Crippen molar-refractivity contribution in [2.75, 3.05) is 23.9 Å². The standard InChI is InChI=1S/C15H20N6O5S/c1-5-25-13(24)8-7(3)26-12(9(8)10(16)22)18-11(23)6(2)21-14(17)19-20-15(21)27-4/h6H,5H2,1-4H3,(H2,16,22)(H2,17,19)(H,18,23). The molecule has 27 heavy (non-hydrogen) atoms. The zero-order chi connectivity index (χ0) is 20.3. The van der Waals surface area contributed by atoms with Gasteiger partial charge in [-0.05, 0) is 27.0 Å². The molecule has 0 fully saturated rings. The zero-order valence-corrected chi connectivity index (χ0v) is 16.0. The van der Waals surface area contributed by atoms with Crippen LogP contribution in [-0.2, 0) is 9.53 Å². The minimum Gasteiger partial charge on any atom is -0.462 e. The highest BCUT2D eigenvalue weighted by Crippen LogP contribution is 2.29. The predicted molar refractivity (Wildman–Crippen MR) is 97.5 cm³/mol. The second kappa shape index (κ2) is 8.12. The van der Waals surface area contributed by atoms with Crippen molar-refractivity contribution in [3.8, 4) is 0 Å². The Morgan fingerprint density at radius 3 is 2.56 bits per heavy atom. The number of hydrogen-bond donors (Lipinski definition) is 3. The second-order valence-electron chi connectivity index (χ2n) is 5.40. The molecule has 2 aromatic heterocycles. The topological polar surface area (TPSA) is 168 Å². The number of amides is 2. The maximum Gasteiger partial charge on any atom is 0.342 e. The number of carbonyl (C=O) groups is 3. The van der Waals surface area contributed by atoms with Gasteiger partial charge < -0.3 is 20.6 Å². The first kappa shape index (κ1) is 20.3. The van der Waals surface area contributed by atoms with Crippen LogP contribution in [-0.4, -0.2) is 45.4 Å². The molecule has 1 unspecified atom stereocenters. The van der Waals surface area contributed by atoms with Crippen molar-refractivity contribution in [2.24, 2.45) is 5.73 Å². The van der Waals surface area contributed by atoms with E-state index >= 15 is 0 Å². The number of furan rings is 1. The normalized spacial score (nSPS) is 11.9. The lowest BCUT2D eigenvalue weighted by atomic mass is 10.1. The van der Waals surface area contributed by atoms with E-state index in [2.05, 4.69) is 15.5 Å². The fraction of sp³-hybridized carbons (Fsp3) is 0.400. The molecule has 0 bridgehead atoms. The van der Waals surface area contributed by atoms with E-state index in [0.29, 0.717) is 5.16 Å². The number of thioether (sulfide) groups is 1. The van der Waals surface area contributed by atoms with E-state index in [0.717, 1.165) is 0 Å². The average Bonchev–Trinajstić information content (AvgIpc) is 3.13. The lowest BCUT2D eigenvalue weighted by molar-refractivity contribution is -0.119. The van der Waals surface area contributed by atoms with Crippen molar-refractivity contribution < 1.29 is 23.5 Å². The SMILES string of the molecule is CCOC(=O)c1c(C)oc(NC(=O)C(C)n2c(N)nnc2SC)c1C(N)=O. The molecule has 0 saturated carbocycles. The van der Waals surface area contributed by atoms with Crippen molar-refractivity contribution in [1.29, 1.82) is 0 Å². The molecular formula is C15H20N6O5S. The molecule has 0 saturated heterocycles. The number of nitrogens with one attached hydrogen (secondary N) is 1. The van der Waals surface area contributed by atoms with Gasteiger partial charge in [-0.15, -0.1) is 10.2 Å². The van der Waals surface area contributed by atoms with Crippen molar-refractivity contribution in [3.05, 3.63) is 16.9 Å². The second-order valence-corrected chi connectivity index (χ2v) is 6.18. The number of ether oxygens (including phenoxy) is 1. The van der Waals surface area contributed by atoms with Crippen LogP contribution < -0.4 is 16.8 Å². The summed E-state index contributed by atoms with van der Waals surface area (Å²) in [6.45, 7) is 4.75. The Hall–Kier alpha value is -3.02. The summed E-state index contributed by atoms with van der Waals surface area (Å²) in [7, 11) is 0. The smallest absolute Gasteiger partial charge is 0.342 e. The highest BCUT2D eigenvalue weighted by molar-refractivity contribution is 7.98. The van der Waals surface area contributed by atoms with E-state index < -0.39 is 23.8 Å². The van der Waals surface area contributed by atoms with Crippen LogP contribution in [0.25, 0.3) is 0 Å². The van der Waals surface area contributed by atoms with Crippen molar-refractivity contribution in [1.82, 2.24) is 14.8 Å². The van der Waals surface area contributed by atoms with E-state index in [4.69, 9.17) is 20.6 Å². The zero-order valence-electron chi connectivity index (χ0n) is 15.2. The largest absolute Gasteiger partial charge is 0.462 e. The van der Waals surface area contributed by atoms with Crippen LogP contribution in [0.15, 0.2) is 9.57 Å². The maximum atomic E-state index is 12.6. The molecule has 2 amide bonds. The monoisotopic (exact) mass is 396 g/mol. The van der Waals surface area contributed by atoms with Gasteiger partial charge in [0.1, 0.15) is 22.9 Å². The molecule has 1 atom stereocenters. The lowest BCUT2D eigenvalue weighted by Crippen LogP contribution is -2.26. The Morgan fingerprint density at radius 1 is 1.33 bits per heavy atom. The maximum absolute atomic E-state index is 12.6. The lowest BCUT2D eigenvalue weighted by Gasteiger charge is -2.15. The fourth-order valence-corrected chi connectivity index (χ4v) is 3.01. The predicted octanol–water partition coefficient (Wildman–Crippen LogP) is 0.959. The number of nitrogens with two attached hydrogens (primary N) is 2. The number of aromatic nitrogens is 3. The quantitative estimate of drug-likeness (QED) is 0.456. The summed E-state index contributed by atoms with van der Waals surface area (Å²) in [5, 5.41) is 10.5. The first-order valence-corrected chi connectivity index (χ1v) is 9.10. The van der Waals surface area contributed by atoms with Crippen LogP contribution in [0, 0.1) is 6.92 Å². The molecule has 0 spiro atoms. The number of rotatable bonds is 7. The molecule has 2 heterocycles. The Labute approximate surface area is 158 Å². The summed E-state index contributed by atoms with van der Waals surface area (Å²) in [6, 6.07) is -0.820. The Balaban J connectivity index is 2.38. The van der Waals surface area contributed by atoms with Crippen LogP contribution in [0.1, 0.15) is 46.4 Å². The molecule has 0 aromatic carbocycles. The van der Waals surface area contributed by atoms with Gasteiger partial charge in [-0.2, -0.15) is 0 Å². The molecule has 5 N–H and O–H groups in total. The third kappa shape index (κ3) is 3.89.